The van der Waals surface area contributed by atoms with Crippen molar-refractivity contribution in [2.75, 3.05) is 11.5 Å². The summed E-state index contributed by atoms with van der Waals surface area (Å²) in [6.07, 6.45) is 0. The van der Waals surface area contributed by atoms with Gasteiger partial charge in [-0.3, -0.25) is 10.2 Å². The molecule has 0 fully saturated rings. The van der Waals surface area contributed by atoms with E-state index in [-0.39, 0.29) is 11.7 Å². The lowest BCUT2D eigenvalue weighted by Crippen LogP contribution is -2.31. The van der Waals surface area contributed by atoms with Gasteiger partial charge in [-0.1, -0.05) is 12.1 Å². The van der Waals surface area contributed by atoms with Crippen molar-refractivity contribution >= 4 is 23.4 Å². The largest absolute Gasteiger partial charge is 0.398 e. The Hall–Kier alpha value is -1.20. The number of nitrogens with two attached hydrogens (primary N) is 2. The predicted octanol–water partition coefficient (Wildman–Crippen LogP) is 0.659. The highest BCUT2D eigenvalue weighted by Gasteiger charge is 2.04. The fourth-order valence-electron chi connectivity index (χ4n) is 0.965. The Morgan fingerprint density at radius 1 is 1.57 bits per heavy atom. The number of rotatable bonds is 3. The van der Waals surface area contributed by atoms with Gasteiger partial charge in [0.2, 0.25) is 5.91 Å². The molecule has 76 valence electrons. The molecule has 0 aliphatic rings. The molecule has 0 saturated carbocycles. The molecule has 0 radical (unpaired) electrons. The first-order chi connectivity index (χ1) is 6.65. The van der Waals surface area contributed by atoms with E-state index < -0.39 is 0 Å². The second-order valence-electron chi connectivity index (χ2n) is 2.84. The third-order valence-corrected chi connectivity index (χ3v) is 2.88. The molecule has 5 heteroatoms. The lowest BCUT2D eigenvalue weighted by atomic mass is 10.2. The number of hydrogen-bond donors (Lipinski definition) is 3. The molecule has 1 amide bonds. The highest BCUT2D eigenvalue weighted by molar-refractivity contribution is 8.00. The van der Waals surface area contributed by atoms with Crippen LogP contribution in [-0.4, -0.2) is 11.7 Å². The zero-order chi connectivity index (χ0) is 10.6. The SMILES string of the molecule is Cc1cccc(SCC(=O)NN)c1N. The standard InChI is InChI=1S/C9H13N3OS/c1-6-3-2-4-7(9(6)10)14-5-8(13)12-11/h2-4H,5,10-11H2,1H3,(H,12,13). The van der Waals surface area contributed by atoms with E-state index in [1.165, 1.54) is 11.8 Å². The summed E-state index contributed by atoms with van der Waals surface area (Å²) >= 11 is 1.38. The highest BCUT2D eigenvalue weighted by Crippen LogP contribution is 2.26. The molecule has 14 heavy (non-hydrogen) atoms. The van der Waals surface area contributed by atoms with E-state index in [0.717, 1.165) is 16.1 Å². The van der Waals surface area contributed by atoms with Gasteiger partial charge in [-0.05, 0) is 18.6 Å². The third kappa shape index (κ3) is 2.65. The minimum absolute atomic E-state index is 0.212. The van der Waals surface area contributed by atoms with Crippen molar-refractivity contribution in [3.63, 3.8) is 0 Å². The molecule has 0 atom stereocenters. The van der Waals surface area contributed by atoms with E-state index >= 15 is 0 Å². The van der Waals surface area contributed by atoms with Crippen LogP contribution in [0.1, 0.15) is 5.56 Å². The van der Waals surface area contributed by atoms with Crippen LogP contribution >= 0.6 is 11.8 Å². The number of benzene rings is 1. The number of thioether (sulfide) groups is 1. The molecule has 1 rings (SSSR count). The number of amides is 1. The maximum atomic E-state index is 10.9. The molecule has 0 bridgehead atoms. The summed E-state index contributed by atoms with van der Waals surface area (Å²) in [7, 11) is 0. The Morgan fingerprint density at radius 3 is 2.93 bits per heavy atom. The van der Waals surface area contributed by atoms with Gasteiger partial charge in [0.1, 0.15) is 0 Å². The van der Waals surface area contributed by atoms with Gasteiger partial charge in [0.05, 0.1) is 5.75 Å². The van der Waals surface area contributed by atoms with Crippen molar-refractivity contribution in [2.45, 2.75) is 11.8 Å². The summed E-state index contributed by atoms with van der Waals surface area (Å²) in [5.74, 6) is 5.03. The number of hydrazine groups is 1. The van der Waals surface area contributed by atoms with Crippen molar-refractivity contribution in [1.29, 1.82) is 0 Å². The average Bonchev–Trinajstić information content (AvgIpc) is 2.20. The average molecular weight is 211 g/mol. The first-order valence-corrected chi connectivity index (χ1v) is 5.11. The first-order valence-electron chi connectivity index (χ1n) is 4.12. The zero-order valence-corrected chi connectivity index (χ0v) is 8.73. The maximum absolute atomic E-state index is 10.9. The second kappa shape index (κ2) is 4.88. The van der Waals surface area contributed by atoms with E-state index in [2.05, 4.69) is 5.43 Å². The number of para-hydroxylation sites is 1. The number of aryl methyl sites for hydroxylation is 1. The Balaban J connectivity index is 2.68. The van der Waals surface area contributed by atoms with Gasteiger partial charge < -0.3 is 5.73 Å². The molecule has 0 spiro atoms. The molecule has 1 aromatic carbocycles. The molecule has 5 N–H and O–H groups in total. The molecule has 0 aliphatic carbocycles. The van der Waals surface area contributed by atoms with Crippen LogP contribution in [0.3, 0.4) is 0 Å². The second-order valence-corrected chi connectivity index (χ2v) is 3.86. The van der Waals surface area contributed by atoms with Crippen LogP contribution < -0.4 is 17.0 Å². The van der Waals surface area contributed by atoms with Crippen LogP contribution in [-0.2, 0) is 4.79 Å². The number of hydrogen-bond acceptors (Lipinski definition) is 4. The van der Waals surface area contributed by atoms with Gasteiger partial charge in [-0.25, -0.2) is 5.84 Å². The Morgan fingerprint density at radius 2 is 2.29 bits per heavy atom. The van der Waals surface area contributed by atoms with Crippen LogP contribution in [0, 0.1) is 6.92 Å². The molecule has 4 nitrogen and oxygen atoms in total. The summed E-state index contributed by atoms with van der Waals surface area (Å²) in [6, 6.07) is 5.73. The van der Waals surface area contributed by atoms with Crippen LogP contribution in [0.25, 0.3) is 0 Å². The fraction of sp³-hybridized carbons (Fsp3) is 0.222. The van der Waals surface area contributed by atoms with E-state index in [4.69, 9.17) is 11.6 Å². The number of carbonyl (C=O) groups is 1. The smallest absolute Gasteiger partial charge is 0.244 e. The van der Waals surface area contributed by atoms with Crippen LogP contribution in [0.5, 0.6) is 0 Å². The van der Waals surface area contributed by atoms with Crippen molar-refractivity contribution in [3.8, 4) is 0 Å². The molecule has 0 aliphatic heterocycles. The molecular weight excluding hydrogens is 198 g/mol. The van der Waals surface area contributed by atoms with Crippen LogP contribution in [0.15, 0.2) is 23.1 Å². The summed E-state index contributed by atoms with van der Waals surface area (Å²) in [5, 5.41) is 0. The molecule has 0 unspecified atom stereocenters. The van der Waals surface area contributed by atoms with E-state index in [0.29, 0.717) is 0 Å². The third-order valence-electron chi connectivity index (χ3n) is 1.80. The van der Waals surface area contributed by atoms with Crippen molar-refractivity contribution in [1.82, 2.24) is 5.43 Å². The van der Waals surface area contributed by atoms with Gasteiger partial charge in [0.25, 0.3) is 0 Å². The monoisotopic (exact) mass is 211 g/mol. The van der Waals surface area contributed by atoms with Crippen LogP contribution in [0.4, 0.5) is 5.69 Å². The van der Waals surface area contributed by atoms with Crippen molar-refractivity contribution in [2.24, 2.45) is 5.84 Å². The fourth-order valence-corrected chi connectivity index (χ4v) is 1.83. The van der Waals surface area contributed by atoms with Crippen molar-refractivity contribution in [3.05, 3.63) is 23.8 Å². The summed E-state index contributed by atoms with van der Waals surface area (Å²) in [5.41, 5.74) is 9.64. The van der Waals surface area contributed by atoms with E-state index in [1.807, 2.05) is 25.1 Å². The quantitative estimate of drug-likeness (QED) is 0.225. The number of nitrogens with one attached hydrogen (secondary N) is 1. The maximum Gasteiger partial charge on any atom is 0.244 e. The molecule has 0 aromatic heterocycles. The van der Waals surface area contributed by atoms with E-state index in [1.54, 1.807) is 0 Å². The van der Waals surface area contributed by atoms with E-state index in [9.17, 15) is 4.79 Å². The van der Waals surface area contributed by atoms with Crippen molar-refractivity contribution < 1.29 is 4.79 Å². The zero-order valence-electron chi connectivity index (χ0n) is 7.91. The topological polar surface area (TPSA) is 81.1 Å². The summed E-state index contributed by atoms with van der Waals surface area (Å²) < 4.78 is 0. The lowest BCUT2D eigenvalue weighted by Gasteiger charge is -2.06. The Labute approximate surface area is 87.0 Å². The molecule has 0 saturated heterocycles. The first kappa shape index (κ1) is 10.9. The predicted molar refractivity (Wildman–Crippen MR) is 58.6 cm³/mol. The molecular formula is C9H13N3OS. The molecule has 1 aromatic rings. The van der Waals surface area contributed by atoms with Gasteiger partial charge in [-0.15, -0.1) is 11.8 Å². The summed E-state index contributed by atoms with van der Waals surface area (Å²) in [4.78, 5) is 11.8. The Kier molecular flexibility index (Phi) is 3.79. The minimum Gasteiger partial charge on any atom is -0.398 e. The number of nitrogen functional groups attached to an aromatic ring is 1. The highest BCUT2D eigenvalue weighted by atomic mass is 32.2. The van der Waals surface area contributed by atoms with Gasteiger partial charge in [-0.2, -0.15) is 0 Å². The lowest BCUT2D eigenvalue weighted by molar-refractivity contribution is -0.118. The Bertz CT molecular complexity index is 341. The van der Waals surface area contributed by atoms with Gasteiger partial charge in [0.15, 0.2) is 0 Å². The minimum atomic E-state index is -0.212. The summed E-state index contributed by atoms with van der Waals surface area (Å²) in [6.45, 7) is 1.93. The van der Waals surface area contributed by atoms with Crippen LogP contribution in [0.2, 0.25) is 0 Å². The van der Waals surface area contributed by atoms with Gasteiger partial charge in [0, 0.05) is 10.6 Å². The molecule has 0 heterocycles. The van der Waals surface area contributed by atoms with Gasteiger partial charge >= 0.3 is 0 Å². The number of carbonyl (C=O) groups excluding carboxylic acids is 1. The normalized spacial score (nSPS) is 9.86. The number of anilines is 1.